The first-order valence-electron chi connectivity index (χ1n) is 5.90. The predicted molar refractivity (Wildman–Crippen MR) is 67.3 cm³/mol. The van der Waals surface area contributed by atoms with Crippen molar-refractivity contribution in [2.75, 3.05) is 0 Å². The van der Waals surface area contributed by atoms with Crippen molar-refractivity contribution in [2.24, 2.45) is 0 Å². The molecule has 1 unspecified atom stereocenters. The molecule has 1 fully saturated rings. The summed E-state index contributed by atoms with van der Waals surface area (Å²) in [5, 5.41) is 19.7. The Morgan fingerprint density at radius 2 is 2.14 bits per heavy atom. The van der Waals surface area contributed by atoms with Crippen LogP contribution < -0.4 is 9.79 Å². The molecule has 22 heavy (non-hydrogen) atoms. The molecule has 3 rings (SSSR count). The number of ether oxygens (including phenoxy) is 1. The van der Waals surface area contributed by atoms with Gasteiger partial charge in [-0.3, -0.25) is 4.57 Å². The van der Waals surface area contributed by atoms with Gasteiger partial charge in [-0.05, 0) is 0 Å². The van der Waals surface area contributed by atoms with E-state index in [1.165, 1.54) is 17.2 Å². The normalized spacial score (nSPS) is 29.3. The van der Waals surface area contributed by atoms with Gasteiger partial charge < -0.3 is 38.8 Å². The zero-order valence-corrected chi connectivity index (χ0v) is 12.3. The molecular weight excluding hydrogens is 339 g/mol. The summed E-state index contributed by atoms with van der Waals surface area (Å²) in [7, 11) is -5.39. The molecule has 120 valence electrons. The second-order valence-corrected chi connectivity index (χ2v) is 5.98. The monoisotopic (exact) mass is 348 g/mol. The molecule has 4 atom stereocenters. The molecule has 2 aromatic rings. The molecule has 11 nitrogen and oxygen atoms in total. The Bertz CT molecular complexity index is 803. The number of hydrogen-bond donors (Lipinski definition) is 3. The van der Waals surface area contributed by atoms with Crippen molar-refractivity contribution >= 4 is 31.2 Å². The van der Waals surface area contributed by atoms with Crippen molar-refractivity contribution in [1.82, 2.24) is 19.5 Å². The number of aromatic amines is 1. The standard InChI is InChI=1S/C9H11N4O7PS/c14-4-5(15)9(20-21(16,17)18)19-8(4)13-2-12-3-6(13)10-1-11-7(3)22/h1-2,4-5,8-9,14-15H,(H,10,11,22)(H2,16,17,18)/p-2/t4-,5+,8?,9-/m1/s1. The average Bonchev–Trinajstić information content (AvgIpc) is 2.95. The first kappa shape index (κ1) is 15.6. The first-order chi connectivity index (χ1) is 10.3. The lowest BCUT2D eigenvalue weighted by atomic mass is 10.2. The maximum atomic E-state index is 10.6. The summed E-state index contributed by atoms with van der Waals surface area (Å²) >= 11 is 4.99. The van der Waals surface area contributed by atoms with Gasteiger partial charge in [0.15, 0.2) is 17.2 Å². The van der Waals surface area contributed by atoms with Gasteiger partial charge in [-0.1, -0.05) is 12.2 Å². The maximum Gasteiger partial charge on any atom is 0.193 e. The number of hydrogen-bond acceptors (Lipinski definition) is 10. The summed E-state index contributed by atoms with van der Waals surface area (Å²) in [5.74, 6) is 0. The van der Waals surface area contributed by atoms with Crippen LogP contribution in [0, 0.1) is 4.64 Å². The third kappa shape index (κ3) is 2.71. The first-order valence-corrected chi connectivity index (χ1v) is 7.77. The van der Waals surface area contributed by atoms with Crippen molar-refractivity contribution < 1.29 is 33.8 Å². The SMILES string of the molecule is O=P([O-])([O-])O[C@H]1OC(n2cnc3c(=S)nc[nH]c32)[C@H](O)[C@@H]1O. The highest BCUT2D eigenvalue weighted by atomic mass is 32.1. The molecule has 0 radical (unpaired) electrons. The third-order valence-electron chi connectivity index (χ3n) is 3.08. The van der Waals surface area contributed by atoms with Crippen LogP contribution >= 0.6 is 20.0 Å². The second kappa shape index (κ2) is 5.44. The molecule has 1 aliphatic heterocycles. The molecule has 0 amide bonds. The fraction of sp³-hybridized carbons (Fsp3) is 0.444. The molecule has 3 N–H and O–H groups in total. The lowest BCUT2D eigenvalue weighted by Crippen LogP contribution is -2.34. The van der Waals surface area contributed by atoms with Gasteiger partial charge in [-0.15, -0.1) is 0 Å². The molecule has 1 aliphatic rings. The molecule has 3 heterocycles. The minimum absolute atomic E-state index is 0.206. The largest absolute Gasteiger partial charge is 0.790 e. The van der Waals surface area contributed by atoms with Crippen LogP contribution in [-0.2, 0) is 13.8 Å². The van der Waals surface area contributed by atoms with Gasteiger partial charge in [0.05, 0.1) is 20.5 Å². The number of aliphatic hydroxyl groups excluding tert-OH is 2. The highest BCUT2D eigenvalue weighted by Crippen LogP contribution is 2.38. The highest BCUT2D eigenvalue weighted by molar-refractivity contribution is 7.71. The van der Waals surface area contributed by atoms with Crippen LogP contribution in [0.15, 0.2) is 12.7 Å². The van der Waals surface area contributed by atoms with Crippen LogP contribution in [-0.4, -0.2) is 48.2 Å². The zero-order chi connectivity index (χ0) is 16.1. The van der Waals surface area contributed by atoms with Crippen LogP contribution in [0.1, 0.15) is 6.23 Å². The van der Waals surface area contributed by atoms with Crippen molar-refractivity contribution in [1.29, 1.82) is 0 Å². The molecular formula is C9H9N4O7PS-2. The summed E-state index contributed by atoms with van der Waals surface area (Å²) < 4.78 is 21.3. The molecule has 1 saturated heterocycles. The lowest BCUT2D eigenvalue weighted by Gasteiger charge is -2.32. The van der Waals surface area contributed by atoms with E-state index >= 15 is 0 Å². The summed E-state index contributed by atoms with van der Waals surface area (Å²) in [6.07, 6.45) is -3.77. The van der Waals surface area contributed by atoms with Crippen LogP contribution in [0.5, 0.6) is 0 Å². The van der Waals surface area contributed by atoms with E-state index in [9.17, 15) is 24.6 Å². The zero-order valence-electron chi connectivity index (χ0n) is 10.6. The Balaban J connectivity index is 1.96. The van der Waals surface area contributed by atoms with Gasteiger partial charge in [-0.2, -0.15) is 0 Å². The Labute approximate surface area is 127 Å². The number of aliphatic hydroxyl groups is 2. The van der Waals surface area contributed by atoms with Crippen molar-refractivity contribution in [3.63, 3.8) is 0 Å². The molecule has 2 aromatic heterocycles. The van der Waals surface area contributed by atoms with Gasteiger partial charge in [0, 0.05) is 0 Å². The quantitative estimate of drug-likeness (QED) is 0.413. The fourth-order valence-corrected chi connectivity index (χ4v) is 2.77. The van der Waals surface area contributed by atoms with Crippen LogP contribution in [0.25, 0.3) is 11.2 Å². The van der Waals surface area contributed by atoms with E-state index in [0.29, 0.717) is 11.2 Å². The molecule has 0 aliphatic carbocycles. The second-order valence-electron chi connectivity index (χ2n) is 4.49. The van der Waals surface area contributed by atoms with E-state index < -0.39 is 32.5 Å². The smallest absolute Gasteiger partial charge is 0.193 e. The van der Waals surface area contributed by atoms with E-state index in [1.54, 1.807) is 0 Å². The van der Waals surface area contributed by atoms with Gasteiger partial charge in [0.1, 0.15) is 23.4 Å². The van der Waals surface area contributed by atoms with E-state index in [0.717, 1.165) is 0 Å². The van der Waals surface area contributed by atoms with E-state index in [4.69, 9.17) is 17.0 Å². The number of phosphoric acid groups is 1. The van der Waals surface area contributed by atoms with E-state index in [2.05, 4.69) is 19.5 Å². The number of aromatic nitrogens is 4. The Kier molecular flexibility index (Phi) is 3.87. The number of imidazole rings is 1. The van der Waals surface area contributed by atoms with Crippen molar-refractivity contribution in [3.8, 4) is 0 Å². The van der Waals surface area contributed by atoms with Gasteiger partial charge in [-0.25, -0.2) is 9.97 Å². The Morgan fingerprint density at radius 1 is 1.41 bits per heavy atom. The van der Waals surface area contributed by atoms with Crippen molar-refractivity contribution in [2.45, 2.75) is 24.7 Å². The number of H-pyrrole nitrogens is 1. The highest BCUT2D eigenvalue weighted by Gasteiger charge is 2.45. The van der Waals surface area contributed by atoms with Crippen molar-refractivity contribution in [3.05, 3.63) is 17.3 Å². The number of fused-ring (bicyclic) bond motifs is 1. The molecule has 0 saturated carbocycles. The lowest BCUT2D eigenvalue weighted by molar-refractivity contribution is -0.354. The number of nitrogens with zero attached hydrogens (tertiary/aromatic N) is 3. The Morgan fingerprint density at radius 3 is 2.82 bits per heavy atom. The fourth-order valence-electron chi connectivity index (χ4n) is 2.14. The van der Waals surface area contributed by atoms with Crippen LogP contribution in [0.2, 0.25) is 0 Å². The van der Waals surface area contributed by atoms with E-state index in [-0.39, 0.29) is 4.64 Å². The molecule has 0 bridgehead atoms. The van der Waals surface area contributed by atoms with Gasteiger partial charge >= 0.3 is 0 Å². The predicted octanol–water partition coefficient (Wildman–Crippen LogP) is -2.09. The summed E-state index contributed by atoms with van der Waals surface area (Å²) in [6.45, 7) is 0. The van der Waals surface area contributed by atoms with Gasteiger partial charge in [0.25, 0.3) is 0 Å². The molecule has 0 spiro atoms. The van der Waals surface area contributed by atoms with Gasteiger partial charge in [0.2, 0.25) is 0 Å². The Hall–Kier alpha value is -1.24. The van der Waals surface area contributed by atoms with E-state index in [1.807, 2.05) is 0 Å². The molecule has 0 aromatic carbocycles. The third-order valence-corrected chi connectivity index (χ3v) is 3.85. The summed E-state index contributed by atoms with van der Waals surface area (Å²) in [6, 6.07) is 0. The average molecular weight is 348 g/mol. The number of phosphoric ester groups is 1. The maximum absolute atomic E-state index is 10.6. The minimum atomic E-state index is -5.39. The summed E-state index contributed by atoms with van der Waals surface area (Å²) in [4.78, 5) is 31.8. The topological polar surface area (TPSA) is 169 Å². The number of nitrogens with one attached hydrogen (secondary N) is 1. The van der Waals surface area contributed by atoms with Crippen LogP contribution in [0.3, 0.4) is 0 Å². The minimum Gasteiger partial charge on any atom is -0.790 e. The molecule has 13 heteroatoms. The van der Waals surface area contributed by atoms with Crippen LogP contribution in [0.4, 0.5) is 0 Å². The summed E-state index contributed by atoms with van der Waals surface area (Å²) in [5.41, 5.74) is 0.662. The number of rotatable bonds is 3.